The van der Waals surface area contributed by atoms with Gasteiger partial charge in [0.25, 0.3) is 0 Å². The first kappa shape index (κ1) is 11.6. The first-order valence-electron chi connectivity index (χ1n) is 4.01. The molecule has 74 valence electrons. The largest absolute Gasteiger partial charge is 0.356 e. The molecule has 13 heavy (non-hydrogen) atoms. The molecule has 2 amide bonds. The van der Waals surface area contributed by atoms with E-state index in [1.165, 1.54) is 5.48 Å². The molecule has 0 unspecified atom stereocenters. The van der Waals surface area contributed by atoms with E-state index in [0.717, 1.165) is 0 Å². The third kappa shape index (κ3) is 7.02. The number of nitrogens with one attached hydrogen (secondary N) is 2. The Morgan fingerprint density at radius 3 is 2.54 bits per heavy atom. The van der Waals surface area contributed by atoms with Gasteiger partial charge < -0.3 is 5.32 Å². The van der Waals surface area contributed by atoms with Gasteiger partial charge in [-0.1, -0.05) is 6.08 Å². The maximum Gasteiger partial charge on any atom is 0.245 e. The predicted octanol–water partition coefficient (Wildman–Crippen LogP) is -0.0357. The van der Waals surface area contributed by atoms with E-state index in [4.69, 9.17) is 5.21 Å². The Morgan fingerprint density at radius 2 is 2.00 bits per heavy atom. The molecule has 0 saturated carbocycles. The zero-order chi connectivity index (χ0) is 10.1. The van der Waals surface area contributed by atoms with Crippen molar-refractivity contribution < 1.29 is 14.8 Å². The molecule has 0 aromatic carbocycles. The van der Waals surface area contributed by atoms with Gasteiger partial charge in [-0.2, -0.15) is 0 Å². The Balaban J connectivity index is 3.36. The van der Waals surface area contributed by atoms with Crippen LogP contribution in [-0.4, -0.2) is 23.6 Å². The molecule has 0 spiro atoms. The summed E-state index contributed by atoms with van der Waals surface area (Å²) in [6.07, 6.45) is 2.73. The second-order valence-electron chi connectivity index (χ2n) is 2.46. The van der Waals surface area contributed by atoms with Gasteiger partial charge in [-0.05, 0) is 6.42 Å². The molecule has 0 aliphatic rings. The molecule has 0 aromatic heterocycles. The predicted molar refractivity (Wildman–Crippen MR) is 47.0 cm³/mol. The molecule has 3 N–H and O–H groups in total. The molecular formula is C8H14N2O3. The SMILES string of the molecule is C=CCCC(=O)NCCC(=O)NO. The van der Waals surface area contributed by atoms with E-state index in [1.807, 2.05) is 0 Å². The van der Waals surface area contributed by atoms with Crippen LogP contribution in [0, 0.1) is 0 Å². The maximum atomic E-state index is 10.9. The van der Waals surface area contributed by atoms with Gasteiger partial charge >= 0.3 is 0 Å². The Kier molecular flexibility index (Phi) is 6.53. The van der Waals surface area contributed by atoms with Crippen molar-refractivity contribution in [3.8, 4) is 0 Å². The summed E-state index contributed by atoms with van der Waals surface area (Å²) in [4.78, 5) is 21.4. The molecule has 5 heteroatoms. The van der Waals surface area contributed by atoms with E-state index in [-0.39, 0.29) is 18.9 Å². The van der Waals surface area contributed by atoms with Crippen molar-refractivity contribution in [1.82, 2.24) is 10.8 Å². The lowest BCUT2D eigenvalue weighted by molar-refractivity contribution is -0.129. The van der Waals surface area contributed by atoms with Gasteiger partial charge in [-0.25, -0.2) is 5.48 Å². The van der Waals surface area contributed by atoms with Crippen molar-refractivity contribution in [2.24, 2.45) is 0 Å². The molecule has 0 fully saturated rings. The van der Waals surface area contributed by atoms with E-state index in [0.29, 0.717) is 12.8 Å². The fourth-order valence-electron chi connectivity index (χ4n) is 0.693. The summed E-state index contributed by atoms with van der Waals surface area (Å²) in [5.74, 6) is -0.630. The minimum Gasteiger partial charge on any atom is -0.356 e. The van der Waals surface area contributed by atoms with Crippen LogP contribution < -0.4 is 10.8 Å². The highest BCUT2D eigenvalue weighted by Crippen LogP contribution is 1.88. The Morgan fingerprint density at radius 1 is 1.31 bits per heavy atom. The van der Waals surface area contributed by atoms with Crippen LogP contribution in [0.1, 0.15) is 19.3 Å². The summed E-state index contributed by atoms with van der Waals surface area (Å²) in [6, 6.07) is 0. The number of rotatable bonds is 6. The molecule has 0 bridgehead atoms. The number of carbonyl (C=O) groups is 2. The summed E-state index contributed by atoms with van der Waals surface area (Å²) in [5, 5.41) is 10.6. The van der Waals surface area contributed by atoms with Crippen molar-refractivity contribution in [2.45, 2.75) is 19.3 Å². The lowest BCUT2D eigenvalue weighted by Gasteiger charge is -2.02. The summed E-state index contributed by atoms with van der Waals surface area (Å²) in [6.45, 7) is 3.72. The second-order valence-corrected chi connectivity index (χ2v) is 2.46. The topological polar surface area (TPSA) is 78.4 Å². The molecule has 0 aliphatic carbocycles. The third-order valence-corrected chi connectivity index (χ3v) is 1.37. The highest BCUT2D eigenvalue weighted by molar-refractivity contribution is 5.78. The molecule has 5 nitrogen and oxygen atoms in total. The third-order valence-electron chi connectivity index (χ3n) is 1.37. The van der Waals surface area contributed by atoms with Crippen molar-refractivity contribution in [1.29, 1.82) is 0 Å². The van der Waals surface area contributed by atoms with Gasteiger partial charge in [0.1, 0.15) is 0 Å². The van der Waals surface area contributed by atoms with E-state index in [9.17, 15) is 9.59 Å². The molecular weight excluding hydrogens is 172 g/mol. The normalized spacial score (nSPS) is 9.00. The van der Waals surface area contributed by atoms with Crippen molar-refractivity contribution >= 4 is 11.8 Å². The first-order valence-corrected chi connectivity index (χ1v) is 4.01. The van der Waals surface area contributed by atoms with Gasteiger partial charge in [-0.15, -0.1) is 6.58 Å². The highest BCUT2D eigenvalue weighted by Gasteiger charge is 2.01. The fourth-order valence-corrected chi connectivity index (χ4v) is 0.693. The fraction of sp³-hybridized carbons (Fsp3) is 0.500. The van der Waals surface area contributed by atoms with Crippen LogP contribution in [0.2, 0.25) is 0 Å². The van der Waals surface area contributed by atoms with Crippen LogP contribution in [0.5, 0.6) is 0 Å². The van der Waals surface area contributed by atoms with Crippen LogP contribution in [0.4, 0.5) is 0 Å². The number of hydrogen-bond donors (Lipinski definition) is 3. The molecule has 0 saturated heterocycles. The zero-order valence-corrected chi connectivity index (χ0v) is 7.38. The molecule has 0 radical (unpaired) electrons. The van der Waals surface area contributed by atoms with Crippen LogP contribution >= 0.6 is 0 Å². The zero-order valence-electron chi connectivity index (χ0n) is 7.38. The van der Waals surface area contributed by atoms with Gasteiger partial charge in [0.05, 0.1) is 0 Å². The number of hydrogen-bond acceptors (Lipinski definition) is 3. The summed E-state index contributed by atoms with van der Waals surface area (Å²) in [7, 11) is 0. The molecule has 0 heterocycles. The van der Waals surface area contributed by atoms with Crippen molar-refractivity contribution in [2.75, 3.05) is 6.54 Å². The Labute approximate surface area is 76.8 Å². The lowest BCUT2D eigenvalue weighted by Crippen LogP contribution is -2.29. The van der Waals surface area contributed by atoms with Gasteiger partial charge in [0, 0.05) is 19.4 Å². The van der Waals surface area contributed by atoms with Gasteiger partial charge in [-0.3, -0.25) is 14.8 Å². The number of amides is 2. The lowest BCUT2D eigenvalue weighted by atomic mass is 10.3. The second kappa shape index (κ2) is 7.30. The molecule has 0 aromatic rings. The molecule has 0 rings (SSSR count). The minimum atomic E-state index is -0.510. The number of hydroxylamine groups is 1. The summed E-state index contributed by atoms with van der Waals surface area (Å²) in [5.41, 5.74) is 1.48. The Bertz CT molecular complexity index is 192. The quantitative estimate of drug-likeness (QED) is 0.309. The van der Waals surface area contributed by atoms with Crippen LogP contribution in [0.3, 0.4) is 0 Å². The average Bonchev–Trinajstić information content (AvgIpc) is 2.14. The average molecular weight is 186 g/mol. The van der Waals surface area contributed by atoms with E-state index < -0.39 is 5.91 Å². The van der Waals surface area contributed by atoms with Gasteiger partial charge in [0.2, 0.25) is 11.8 Å². The minimum absolute atomic E-state index is 0.0797. The van der Waals surface area contributed by atoms with E-state index in [1.54, 1.807) is 6.08 Å². The highest BCUT2D eigenvalue weighted by atomic mass is 16.5. The van der Waals surface area contributed by atoms with Crippen molar-refractivity contribution in [3.05, 3.63) is 12.7 Å². The van der Waals surface area contributed by atoms with E-state index >= 15 is 0 Å². The first-order chi connectivity index (χ1) is 6.20. The molecule has 0 atom stereocenters. The van der Waals surface area contributed by atoms with Crippen LogP contribution in [-0.2, 0) is 9.59 Å². The summed E-state index contributed by atoms with van der Waals surface area (Å²) >= 11 is 0. The molecule has 0 aliphatic heterocycles. The number of carbonyl (C=O) groups excluding carboxylic acids is 2. The van der Waals surface area contributed by atoms with Gasteiger partial charge in [0.15, 0.2) is 0 Å². The Hall–Kier alpha value is -1.36. The monoisotopic (exact) mass is 186 g/mol. The number of allylic oxidation sites excluding steroid dienone is 1. The smallest absolute Gasteiger partial charge is 0.245 e. The van der Waals surface area contributed by atoms with Crippen LogP contribution in [0.15, 0.2) is 12.7 Å². The standard InChI is InChI=1S/C8H14N2O3/c1-2-3-4-7(11)9-6-5-8(12)10-13/h2,13H,1,3-6H2,(H,9,11)(H,10,12). The van der Waals surface area contributed by atoms with Crippen molar-refractivity contribution in [3.63, 3.8) is 0 Å². The maximum absolute atomic E-state index is 10.9. The summed E-state index contributed by atoms with van der Waals surface area (Å²) < 4.78 is 0. The van der Waals surface area contributed by atoms with Crippen LogP contribution in [0.25, 0.3) is 0 Å². The van der Waals surface area contributed by atoms with E-state index in [2.05, 4.69) is 11.9 Å².